The van der Waals surface area contributed by atoms with Crippen LogP contribution in [0.4, 0.5) is 10.5 Å². The minimum atomic E-state index is -0.452. The van der Waals surface area contributed by atoms with Crippen LogP contribution in [0.1, 0.15) is 109 Å². The number of hydrogen-bond donors (Lipinski definition) is 0. The quantitative estimate of drug-likeness (QED) is 0.233. The highest BCUT2D eigenvalue weighted by atomic mass is 35.5. The SMILES string of the molecule is [C-]#[N+]c1ccc(OC2C(C)(C)C(N3Cc4nc(C#CC5CCC(N6CCC7(CC6)CN(C(=O)OC(C)(C)C)C7)CC5)ccc4C3=O)C2(C)C)cc1Cl. The molecule has 1 spiro atoms. The Morgan fingerprint density at radius 2 is 1.69 bits per heavy atom. The first kappa shape index (κ1) is 36.6. The molecular formula is C42H52ClN5O4. The van der Waals surface area contributed by atoms with E-state index in [9.17, 15) is 9.59 Å². The predicted octanol–water partition coefficient (Wildman–Crippen LogP) is 8.37. The van der Waals surface area contributed by atoms with Gasteiger partial charge < -0.3 is 24.2 Å². The van der Waals surface area contributed by atoms with E-state index in [0.29, 0.717) is 40.5 Å². The number of ether oxygens (including phenoxy) is 2. The van der Waals surface area contributed by atoms with Crippen molar-refractivity contribution in [2.24, 2.45) is 22.2 Å². The lowest BCUT2D eigenvalue weighted by Gasteiger charge is -2.65. The number of halogens is 1. The van der Waals surface area contributed by atoms with Crippen molar-refractivity contribution >= 4 is 29.3 Å². The minimum absolute atomic E-state index is 0.00990. The molecule has 0 bridgehead atoms. The summed E-state index contributed by atoms with van der Waals surface area (Å²) in [7, 11) is 0. The van der Waals surface area contributed by atoms with Crippen LogP contribution in [0.3, 0.4) is 0 Å². The number of fused-ring (bicyclic) bond motifs is 1. The molecule has 2 saturated carbocycles. The Morgan fingerprint density at radius 3 is 2.31 bits per heavy atom. The molecule has 10 heteroatoms. The second-order valence-corrected chi connectivity index (χ2v) is 18.4. The summed E-state index contributed by atoms with van der Waals surface area (Å²) < 4.78 is 12.0. The molecule has 0 N–H and O–H groups in total. The van der Waals surface area contributed by atoms with Crippen LogP contribution in [-0.2, 0) is 11.3 Å². The summed E-state index contributed by atoms with van der Waals surface area (Å²) >= 11 is 6.29. The first-order valence-corrected chi connectivity index (χ1v) is 19.3. The van der Waals surface area contributed by atoms with E-state index in [1.165, 1.54) is 0 Å². The summed E-state index contributed by atoms with van der Waals surface area (Å²) in [4.78, 5) is 41.0. The van der Waals surface area contributed by atoms with Gasteiger partial charge in [-0.25, -0.2) is 14.6 Å². The number of carbonyl (C=O) groups is 2. The summed E-state index contributed by atoms with van der Waals surface area (Å²) in [5, 5.41) is 0.373. The van der Waals surface area contributed by atoms with E-state index in [4.69, 9.17) is 32.6 Å². The Balaban J connectivity index is 0.907. The first-order chi connectivity index (χ1) is 24.5. The number of pyridine rings is 1. The van der Waals surface area contributed by atoms with E-state index in [2.05, 4.69) is 49.3 Å². The highest BCUT2D eigenvalue weighted by Gasteiger charge is 2.67. The number of nitrogens with zero attached hydrogens (tertiary/aromatic N) is 5. The molecule has 2 amide bonds. The zero-order valence-corrected chi connectivity index (χ0v) is 32.5. The fourth-order valence-corrected chi connectivity index (χ4v) is 10.4. The van der Waals surface area contributed by atoms with Crippen LogP contribution in [0.25, 0.3) is 4.85 Å². The number of aromatic nitrogens is 1. The molecule has 7 rings (SSSR count). The molecule has 0 unspecified atom stereocenters. The molecule has 2 aromatic rings. The second-order valence-electron chi connectivity index (χ2n) is 18.0. The topological polar surface area (TPSA) is 79.6 Å². The van der Waals surface area contributed by atoms with Crippen molar-refractivity contribution in [1.29, 1.82) is 0 Å². The number of piperidine rings is 1. The third kappa shape index (κ3) is 6.76. The Hall–Kier alpha value is -3.79. The molecule has 52 heavy (non-hydrogen) atoms. The fraction of sp³-hybridized carbons (Fsp3) is 0.619. The van der Waals surface area contributed by atoms with Gasteiger partial charge in [0, 0.05) is 47.3 Å². The summed E-state index contributed by atoms with van der Waals surface area (Å²) in [5.41, 5.74) is 1.73. The lowest BCUT2D eigenvalue weighted by atomic mass is 9.49. The highest BCUT2D eigenvalue weighted by Crippen LogP contribution is 2.59. The zero-order valence-electron chi connectivity index (χ0n) is 31.7. The van der Waals surface area contributed by atoms with Gasteiger partial charge in [-0.1, -0.05) is 51.3 Å². The monoisotopic (exact) mass is 725 g/mol. The van der Waals surface area contributed by atoms with Crippen LogP contribution >= 0.6 is 11.6 Å². The van der Waals surface area contributed by atoms with Crippen molar-refractivity contribution in [1.82, 2.24) is 19.7 Å². The van der Waals surface area contributed by atoms with Gasteiger partial charge in [-0.15, -0.1) is 0 Å². The molecule has 276 valence electrons. The third-order valence-corrected chi connectivity index (χ3v) is 12.6. The Kier molecular flexibility index (Phi) is 9.32. The maximum Gasteiger partial charge on any atom is 0.410 e. The smallest absolute Gasteiger partial charge is 0.410 e. The van der Waals surface area contributed by atoms with Gasteiger partial charge >= 0.3 is 6.09 Å². The van der Waals surface area contributed by atoms with Crippen molar-refractivity contribution in [3.05, 3.63) is 63.7 Å². The average Bonchev–Trinajstić information content (AvgIpc) is 3.38. The molecule has 1 aromatic carbocycles. The van der Waals surface area contributed by atoms with Gasteiger partial charge in [0.15, 0.2) is 0 Å². The van der Waals surface area contributed by atoms with Gasteiger partial charge in [0.05, 0.1) is 29.4 Å². The number of amides is 2. The number of hydrogen-bond acceptors (Lipinski definition) is 6. The van der Waals surface area contributed by atoms with E-state index in [0.717, 1.165) is 76.1 Å². The molecule has 1 aromatic heterocycles. The molecular weight excluding hydrogens is 674 g/mol. The van der Waals surface area contributed by atoms with Crippen molar-refractivity contribution in [2.75, 3.05) is 26.2 Å². The molecule has 0 radical (unpaired) electrons. The maximum atomic E-state index is 13.7. The van der Waals surface area contributed by atoms with Crippen molar-refractivity contribution in [2.45, 2.75) is 117 Å². The average molecular weight is 726 g/mol. The van der Waals surface area contributed by atoms with E-state index in [1.54, 1.807) is 18.2 Å². The van der Waals surface area contributed by atoms with Crippen LogP contribution in [0.2, 0.25) is 5.02 Å². The van der Waals surface area contributed by atoms with E-state index in [1.807, 2.05) is 42.7 Å². The molecule has 3 aliphatic heterocycles. The van der Waals surface area contributed by atoms with E-state index in [-0.39, 0.29) is 40.4 Å². The number of rotatable bonds is 4. The van der Waals surface area contributed by atoms with Gasteiger partial charge in [-0.3, -0.25) is 4.79 Å². The van der Waals surface area contributed by atoms with Crippen molar-refractivity contribution < 1.29 is 19.1 Å². The van der Waals surface area contributed by atoms with Gasteiger partial charge in [0.2, 0.25) is 5.69 Å². The molecule has 0 atom stereocenters. The summed E-state index contributed by atoms with van der Waals surface area (Å²) in [6.07, 6.45) is 6.46. The fourth-order valence-electron chi connectivity index (χ4n) is 10.1. The van der Waals surface area contributed by atoms with Gasteiger partial charge in [0.1, 0.15) is 23.1 Å². The minimum Gasteiger partial charge on any atom is -0.489 e. The normalized spacial score (nSPS) is 27.4. The predicted molar refractivity (Wildman–Crippen MR) is 201 cm³/mol. The molecule has 9 nitrogen and oxygen atoms in total. The third-order valence-electron chi connectivity index (χ3n) is 12.3. The Labute approximate surface area is 314 Å². The van der Waals surface area contributed by atoms with E-state index < -0.39 is 5.60 Å². The number of carbonyl (C=O) groups excluding carboxylic acids is 2. The molecule has 5 aliphatic rings. The Bertz CT molecular complexity index is 1830. The molecule has 2 saturated heterocycles. The standard InChI is InChI=1S/C42H52ClN5O4/c1-39(2,3)52-38(50)47-25-42(26-47)19-21-46(22-20-42)29-14-10-27(11-15-29)9-12-28-13-17-31-34(45-28)24-48(35(31)49)36-40(4,5)37(41(36,6)7)51-30-16-18-33(44-8)32(43)23-30/h13,16-18,23,27,29,36-37H,10-11,14-15,19-22,24-26H2,1-7H3. The highest BCUT2D eigenvalue weighted by molar-refractivity contribution is 6.33. The number of likely N-dealkylation sites (tertiary alicyclic amines) is 2. The van der Waals surface area contributed by atoms with Gasteiger partial charge in [0.25, 0.3) is 5.91 Å². The van der Waals surface area contributed by atoms with Gasteiger partial charge in [-0.2, -0.15) is 0 Å². The van der Waals surface area contributed by atoms with Crippen molar-refractivity contribution in [3.8, 4) is 17.6 Å². The summed E-state index contributed by atoms with van der Waals surface area (Å²) in [6.45, 7) is 25.9. The van der Waals surface area contributed by atoms with Crippen LogP contribution in [0.5, 0.6) is 5.75 Å². The maximum absolute atomic E-state index is 13.7. The second kappa shape index (κ2) is 13.3. The van der Waals surface area contributed by atoms with E-state index >= 15 is 0 Å². The Morgan fingerprint density at radius 1 is 1.02 bits per heavy atom. The lowest BCUT2D eigenvalue weighted by Crippen LogP contribution is -2.74. The first-order valence-electron chi connectivity index (χ1n) is 18.9. The van der Waals surface area contributed by atoms with Gasteiger partial charge in [-0.05, 0) is 103 Å². The molecule has 4 fully saturated rings. The van der Waals surface area contributed by atoms with Crippen LogP contribution in [-0.4, -0.2) is 81.7 Å². The molecule has 2 aliphatic carbocycles. The summed E-state index contributed by atoms with van der Waals surface area (Å²) in [5.74, 6) is 7.88. The molecule has 4 heterocycles. The van der Waals surface area contributed by atoms with Crippen molar-refractivity contribution in [3.63, 3.8) is 0 Å². The largest absolute Gasteiger partial charge is 0.489 e. The van der Waals surface area contributed by atoms with Crippen LogP contribution in [0, 0.1) is 40.6 Å². The van der Waals surface area contributed by atoms with Crippen LogP contribution < -0.4 is 4.74 Å². The van der Waals surface area contributed by atoms with Crippen LogP contribution in [0.15, 0.2) is 30.3 Å². The summed E-state index contributed by atoms with van der Waals surface area (Å²) in [6, 6.07) is 9.52. The lowest BCUT2D eigenvalue weighted by molar-refractivity contribution is -0.199. The number of benzene rings is 1. The zero-order chi connectivity index (χ0) is 37.2.